The molecule has 3 aromatic rings. The summed E-state index contributed by atoms with van der Waals surface area (Å²) in [6.07, 6.45) is 1.98. The Bertz CT molecular complexity index is 1190. The molecule has 0 bridgehead atoms. The largest absolute Gasteiger partial charge is 0.489 e. The van der Waals surface area contributed by atoms with Gasteiger partial charge in [-0.05, 0) is 35.7 Å². The lowest BCUT2D eigenvalue weighted by Gasteiger charge is -2.38. The van der Waals surface area contributed by atoms with Crippen molar-refractivity contribution < 1.29 is 14.3 Å². The second-order valence-corrected chi connectivity index (χ2v) is 10.0. The van der Waals surface area contributed by atoms with Crippen molar-refractivity contribution in [2.24, 2.45) is 5.92 Å². The molecule has 2 atom stereocenters. The number of carbonyl (C=O) groups excluding carboxylic acids is 2. The highest BCUT2D eigenvalue weighted by Gasteiger charge is 2.37. The smallest absolute Gasteiger partial charge is 0.274 e. The highest BCUT2D eigenvalue weighted by molar-refractivity contribution is 6.11. The first-order chi connectivity index (χ1) is 15.3. The van der Waals surface area contributed by atoms with E-state index in [-0.39, 0.29) is 29.1 Å². The van der Waals surface area contributed by atoms with Gasteiger partial charge in [-0.2, -0.15) is 5.10 Å². The number of likely N-dealkylation sites (tertiary alicyclic amines) is 1. The molecule has 6 nitrogen and oxygen atoms in total. The van der Waals surface area contributed by atoms with E-state index in [1.807, 2.05) is 47.4 Å². The van der Waals surface area contributed by atoms with Crippen molar-refractivity contribution in [3.05, 3.63) is 59.4 Å². The minimum atomic E-state index is -0.212. The van der Waals surface area contributed by atoms with Gasteiger partial charge in [0.2, 0.25) is 0 Å². The van der Waals surface area contributed by atoms with E-state index in [2.05, 4.69) is 31.0 Å². The first-order valence-electron chi connectivity index (χ1n) is 11.4. The van der Waals surface area contributed by atoms with E-state index in [0.29, 0.717) is 36.5 Å². The molecule has 0 spiro atoms. The third-order valence-corrected chi connectivity index (χ3v) is 6.71. The molecule has 2 aromatic carbocycles. The van der Waals surface area contributed by atoms with Gasteiger partial charge in [0.1, 0.15) is 17.5 Å². The number of aromatic amines is 1. The molecule has 1 amide bonds. The molecular formula is C26H29N3O3. The van der Waals surface area contributed by atoms with Crippen LogP contribution < -0.4 is 4.74 Å². The lowest BCUT2D eigenvalue weighted by Crippen LogP contribution is -2.46. The number of ether oxygens (including phenoxy) is 1. The van der Waals surface area contributed by atoms with E-state index in [1.165, 1.54) is 0 Å². The minimum absolute atomic E-state index is 0.0602. The maximum absolute atomic E-state index is 13.1. The van der Waals surface area contributed by atoms with Gasteiger partial charge in [0.25, 0.3) is 5.91 Å². The predicted octanol–water partition coefficient (Wildman–Crippen LogP) is 4.75. The molecule has 0 saturated carbocycles. The number of piperidine rings is 1. The van der Waals surface area contributed by atoms with E-state index in [0.717, 1.165) is 29.3 Å². The summed E-state index contributed by atoms with van der Waals surface area (Å²) >= 11 is 0. The lowest BCUT2D eigenvalue weighted by molar-refractivity contribution is 0.0407. The molecule has 6 heteroatoms. The highest BCUT2D eigenvalue weighted by Crippen LogP contribution is 2.37. The molecule has 2 aliphatic rings. The summed E-state index contributed by atoms with van der Waals surface area (Å²) < 4.78 is 6.35. The fourth-order valence-electron chi connectivity index (χ4n) is 4.87. The third kappa shape index (κ3) is 3.68. The fourth-order valence-corrected chi connectivity index (χ4v) is 4.87. The Kier molecular flexibility index (Phi) is 5.03. The molecule has 0 unspecified atom stereocenters. The molecule has 1 aromatic heterocycles. The van der Waals surface area contributed by atoms with Gasteiger partial charge in [0.05, 0.1) is 5.56 Å². The standard InChI is InChI=1S/C26H29N3O3/c1-26(2,3)23-13-19(27-28-23)25(31)29-12-6-8-17(15-29)22-14-20(30)24-18-9-5-4-7-16(18)10-11-21(24)32-22/h4-5,7,9-11,13,17,22H,6,8,12,14-15H2,1-3H3,(H,27,28)/t17-,22-/m0/s1. The highest BCUT2D eigenvalue weighted by atomic mass is 16.5. The number of nitrogens with one attached hydrogen (secondary N) is 1. The predicted molar refractivity (Wildman–Crippen MR) is 123 cm³/mol. The molecule has 0 aliphatic carbocycles. The lowest BCUT2D eigenvalue weighted by atomic mass is 9.85. The number of ketones is 1. The number of fused-ring (bicyclic) bond motifs is 3. The zero-order valence-electron chi connectivity index (χ0n) is 18.9. The van der Waals surface area contributed by atoms with Gasteiger partial charge in [-0.25, -0.2) is 0 Å². The van der Waals surface area contributed by atoms with E-state index in [4.69, 9.17) is 4.74 Å². The van der Waals surface area contributed by atoms with Gasteiger partial charge in [-0.3, -0.25) is 14.7 Å². The third-order valence-electron chi connectivity index (χ3n) is 6.71. The number of amides is 1. The van der Waals surface area contributed by atoms with Crippen LogP contribution in [0.5, 0.6) is 5.75 Å². The van der Waals surface area contributed by atoms with Gasteiger partial charge in [0.15, 0.2) is 5.78 Å². The molecular weight excluding hydrogens is 402 g/mol. The van der Waals surface area contributed by atoms with E-state index in [1.54, 1.807) is 0 Å². The van der Waals surface area contributed by atoms with Crippen LogP contribution >= 0.6 is 0 Å². The van der Waals surface area contributed by atoms with Crippen molar-refractivity contribution in [3.8, 4) is 5.75 Å². The van der Waals surface area contributed by atoms with E-state index < -0.39 is 0 Å². The molecule has 5 rings (SSSR count). The van der Waals surface area contributed by atoms with Crippen LogP contribution in [0.3, 0.4) is 0 Å². The van der Waals surface area contributed by atoms with Crippen molar-refractivity contribution in [1.29, 1.82) is 0 Å². The van der Waals surface area contributed by atoms with Crippen LogP contribution in [0.4, 0.5) is 0 Å². The van der Waals surface area contributed by atoms with Crippen LogP contribution in [-0.4, -0.2) is 46.0 Å². The number of hydrogen-bond donors (Lipinski definition) is 1. The van der Waals surface area contributed by atoms with Gasteiger partial charge in [-0.15, -0.1) is 0 Å². The number of Topliss-reactive ketones (excluding diaryl/α,β-unsaturated/α-hetero) is 1. The summed E-state index contributed by atoms with van der Waals surface area (Å²) in [6.45, 7) is 7.55. The van der Waals surface area contributed by atoms with Crippen LogP contribution in [0.25, 0.3) is 10.8 Å². The molecule has 2 aliphatic heterocycles. The van der Waals surface area contributed by atoms with Gasteiger partial charge < -0.3 is 9.64 Å². The maximum atomic E-state index is 13.1. The zero-order valence-corrected chi connectivity index (χ0v) is 18.9. The van der Waals surface area contributed by atoms with Crippen LogP contribution in [0.2, 0.25) is 0 Å². The minimum Gasteiger partial charge on any atom is -0.489 e. The quantitative estimate of drug-likeness (QED) is 0.636. The average Bonchev–Trinajstić information content (AvgIpc) is 3.29. The van der Waals surface area contributed by atoms with Crippen LogP contribution in [0.1, 0.15) is 66.6 Å². The Hall–Kier alpha value is -3.15. The summed E-state index contributed by atoms with van der Waals surface area (Å²) in [7, 11) is 0. The van der Waals surface area contributed by atoms with Crippen LogP contribution in [-0.2, 0) is 5.41 Å². The van der Waals surface area contributed by atoms with Crippen molar-refractivity contribution in [3.63, 3.8) is 0 Å². The number of H-pyrrole nitrogens is 1. The second-order valence-electron chi connectivity index (χ2n) is 10.0. The summed E-state index contributed by atoms with van der Waals surface area (Å²) in [5, 5.41) is 9.26. The fraction of sp³-hybridized carbons (Fsp3) is 0.423. The molecule has 166 valence electrons. The number of carbonyl (C=O) groups is 2. The van der Waals surface area contributed by atoms with E-state index >= 15 is 0 Å². The average molecular weight is 432 g/mol. The van der Waals surface area contributed by atoms with E-state index in [9.17, 15) is 9.59 Å². The number of hydrogen-bond acceptors (Lipinski definition) is 4. The Balaban J connectivity index is 1.34. The summed E-state index contributed by atoms with van der Waals surface area (Å²) in [6, 6.07) is 13.7. The summed E-state index contributed by atoms with van der Waals surface area (Å²) in [5.41, 5.74) is 1.99. The Morgan fingerprint density at radius 2 is 2.00 bits per heavy atom. The van der Waals surface area contributed by atoms with Gasteiger partial charge in [0, 0.05) is 36.5 Å². The molecule has 3 heterocycles. The zero-order chi connectivity index (χ0) is 22.5. The van der Waals surface area contributed by atoms with Crippen molar-refractivity contribution >= 4 is 22.5 Å². The number of aromatic nitrogens is 2. The van der Waals surface area contributed by atoms with Gasteiger partial charge >= 0.3 is 0 Å². The summed E-state index contributed by atoms with van der Waals surface area (Å²) in [4.78, 5) is 28.1. The SMILES string of the molecule is CC(C)(C)c1cc(C(=O)N2CCC[C@H]([C@@H]3CC(=O)c4c(ccc5ccccc45)O3)C2)n[nH]1. The first kappa shape index (κ1) is 20.7. The second kappa shape index (κ2) is 7.76. The molecule has 32 heavy (non-hydrogen) atoms. The van der Waals surface area contributed by atoms with Crippen LogP contribution in [0, 0.1) is 5.92 Å². The van der Waals surface area contributed by atoms with Crippen molar-refractivity contribution in [2.75, 3.05) is 13.1 Å². The molecule has 1 N–H and O–H groups in total. The normalized spacial score (nSPS) is 21.3. The monoisotopic (exact) mass is 431 g/mol. The van der Waals surface area contributed by atoms with Gasteiger partial charge in [-0.1, -0.05) is 51.1 Å². The Morgan fingerprint density at radius 1 is 1.19 bits per heavy atom. The molecule has 1 saturated heterocycles. The number of rotatable bonds is 2. The van der Waals surface area contributed by atoms with Crippen molar-refractivity contribution in [2.45, 2.75) is 51.6 Å². The number of benzene rings is 2. The maximum Gasteiger partial charge on any atom is 0.274 e. The summed E-state index contributed by atoms with van der Waals surface area (Å²) in [5.74, 6) is 0.849. The topological polar surface area (TPSA) is 75.3 Å². The first-order valence-corrected chi connectivity index (χ1v) is 11.4. The van der Waals surface area contributed by atoms with Crippen molar-refractivity contribution in [1.82, 2.24) is 15.1 Å². The number of nitrogens with zero attached hydrogens (tertiary/aromatic N) is 2. The molecule has 1 fully saturated rings. The molecule has 0 radical (unpaired) electrons. The Morgan fingerprint density at radius 3 is 2.78 bits per heavy atom. The Labute approximate surface area is 187 Å². The van der Waals surface area contributed by atoms with Crippen LogP contribution in [0.15, 0.2) is 42.5 Å².